The maximum Gasteiger partial charge on any atom is 0.250 e. The first-order valence-electron chi connectivity index (χ1n) is 10.8. The lowest BCUT2D eigenvalue weighted by atomic mass is 9.79. The largest absolute Gasteiger partial charge is 0.366 e. The summed E-state index contributed by atoms with van der Waals surface area (Å²) >= 11 is 0. The molecule has 1 aromatic heterocycles. The Bertz CT molecular complexity index is 878. The van der Waals surface area contributed by atoms with E-state index in [4.69, 9.17) is 5.73 Å². The highest BCUT2D eigenvalue weighted by Crippen LogP contribution is 2.32. The first-order chi connectivity index (χ1) is 14.0. The number of carbonyl (C=O) groups excluding carboxylic acids is 2. The third kappa shape index (κ3) is 4.29. The number of nitrogens with zero attached hydrogens (tertiary/aromatic N) is 2. The maximum absolute atomic E-state index is 12.9. The zero-order valence-corrected chi connectivity index (χ0v) is 17.1. The Kier molecular flexibility index (Phi) is 5.85. The minimum Gasteiger partial charge on any atom is -0.366 e. The number of benzene rings is 1. The average molecular weight is 398 g/mol. The predicted molar refractivity (Wildman–Crippen MR) is 113 cm³/mol. The van der Waals surface area contributed by atoms with Gasteiger partial charge in [-0.25, -0.2) is 0 Å². The molecule has 29 heavy (non-hydrogen) atoms. The van der Waals surface area contributed by atoms with Crippen molar-refractivity contribution in [2.45, 2.75) is 44.9 Å². The van der Waals surface area contributed by atoms with Crippen molar-refractivity contribution in [3.05, 3.63) is 29.5 Å². The topological polar surface area (TPSA) is 104 Å². The lowest BCUT2D eigenvalue weighted by Gasteiger charge is -2.38. The Morgan fingerprint density at radius 3 is 2.55 bits per heavy atom. The van der Waals surface area contributed by atoms with Gasteiger partial charge in [-0.2, -0.15) is 5.10 Å². The summed E-state index contributed by atoms with van der Waals surface area (Å²) in [5.74, 6) is 1.32. The summed E-state index contributed by atoms with van der Waals surface area (Å²) in [6, 6.07) is 3.79. The van der Waals surface area contributed by atoms with Crippen molar-refractivity contribution in [2.24, 2.45) is 17.6 Å². The Morgan fingerprint density at radius 1 is 1.17 bits per heavy atom. The normalized spacial score (nSPS) is 20.1. The summed E-state index contributed by atoms with van der Waals surface area (Å²) in [4.78, 5) is 26.7. The summed E-state index contributed by atoms with van der Waals surface area (Å²) in [5, 5.41) is 11.1. The van der Waals surface area contributed by atoms with Crippen LogP contribution >= 0.6 is 0 Å². The third-order valence-corrected chi connectivity index (χ3v) is 6.83. The molecule has 3 heterocycles. The van der Waals surface area contributed by atoms with Crippen LogP contribution in [-0.2, 0) is 4.79 Å². The van der Waals surface area contributed by atoms with Gasteiger partial charge in [-0.15, -0.1) is 0 Å². The number of piperidine rings is 2. The van der Waals surface area contributed by atoms with Gasteiger partial charge in [-0.3, -0.25) is 14.7 Å². The minimum absolute atomic E-state index is 0.0158. The van der Waals surface area contributed by atoms with Gasteiger partial charge in [0.1, 0.15) is 0 Å². The van der Waals surface area contributed by atoms with Gasteiger partial charge in [0.2, 0.25) is 5.91 Å². The van der Waals surface area contributed by atoms with E-state index in [2.05, 4.69) is 15.5 Å². The Balaban J connectivity index is 1.37. The molecule has 7 nitrogen and oxygen atoms in total. The van der Waals surface area contributed by atoms with Crippen LogP contribution in [0.25, 0.3) is 10.9 Å². The van der Waals surface area contributed by atoms with Crippen LogP contribution in [0.4, 0.5) is 0 Å². The van der Waals surface area contributed by atoms with Gasteiger partial charge in [0.15, 0.2) is 0 Å². The monoisotopic (exact) mass is 397 g/mol. The number of rotatable bonds is 5. The van der Waals surface area contributed by atoms with Crippen LogP contribution in [0.2, 0.25) is 0 Å². The molecule has 1 aromatic carbocycles. The quantitative estimate of drug-likeness (QED) is 0.720. The SMILES string of the molecule is CC(CC(=O)N1CCC(C2CCNCC2)CC1)c1cc(C(N)=O)c2[nH]ncc2c1. The summed E-state index contributed by atoms with van der Waals surface area (Å²) in [5.41, 5.74) is 7.56. The van der Waals surface area contributed by atoms with E-state index in [-0.39, 0.29) is 11.8 Å². The van der Waals surface area contributed by atoms with Gasteiger partial charge >= 0.3 is 0 Å². The fourth-order valence-electron chi connectivity index (χ4n) is 5.00. The van der Waals surface area contributed by atoms with Gasteiger partial charge in [-0.1, -0.05) is 6.92 Å². The Morgan fingerprint density at radius 2 is 1.86 bits per heavy atom. The van der Waals surface area contributed by atoms with Crippen LogP contribution < -0.4 is 11.1 Å². The highest BCUT2D eigenvalue weighted by atomic mass is 16.2. The second-order valence-corrected chi connectivity index (χ2v) is 8.68. The van der Waals surface area contributed by atoms with Gasteiger partial charge < -0.3 is 16.0 Å². The number of amides is 2. The zero-order chi connectivity index (χ0) is 20.4. The molecule has 0 spiro atoms. The van der Waals surface area contributed by atoms with Crippen molar-refractivity contribution in [3.8, 4) is 0 Å². The molecule has 2 aliphatic rings. The molecule has 4 rings (SSSR count). The molecule has 2 fully saturated rings. The van der Waals surface area contributed by atoms with Gasteiger partial charge in [0.05, 0.1) is 17.3 Å². The molecule has 0 bridgehead atoms. The lowest BCUT2D eigenvalue weighted by molar-refractivity contribution is -0.133. The van der Waals surface area contributed by atoms with Crippen LogP contribution in [0.3, 0.4) is 0 Å². The molecular formula is C22H31N5O2. The molecule has 2 aromatic rings. The Hall–Kier alpha value is -2.41. The first-order valence-corrected chi connectivity index (χ1v) is 10.8. The molecule has 0 saturated carbocycles. The number of fused-ring (bicyclic) bond motifs is 1. The molecule has 2 amide bonds. The summed E-state index contributed by atoms with van der Waals surface area (Å²) in [6.45, 7) is 6.04. The molecule has 2 aliphatic heterocycles. The van der Waals surface area contributed by atoms with E-state index in [0.29, 0.717) is 17.5 Å². The Labute approximate surface area is 171 Å². The number of nitrogens with one attached hydrogen (secondary N) is 2. The van der Waals surface area contributed by atoms with Crippen LogP contribution in [0.15, 0.2) is 18.3 Å². The number of likely N-dealkylation sites (tertiary alicyclic amines) is 1. The summed E-state index contributed by atoms with van der Waals surface area (Å²) < 4.78 is 0. The van der Waals surface area contributed by atoms with E-state index in [0.717, 1.165) is 61.8 Å². The number of hydrogen-bond acceptors (Lipinski definition) is 4. The molecule has 0 radical (unpaired) electrons. The highest BCUT2D eigenvalue weighted by molar-refractivity contribution is 6.05. The average Bonchev–Trinajstić information content (AvgIpc) is 3.22. The molecule has 4 N–H and O–H groups in total. The van der Waals surface area contributed by atoms with Crippen LogP contribution in [0, 0.1) is 11.8 Å². The smallest absolute Gasteiger partial charge is 0.250 e. The molecular weight excluding hydrogens is 366 g/mol. The summed E-state index contributed by atoms with van der Waals surface area (Å²) in [7, 11) is 0. The number of aromatic amines is 1. The molecule has 156 valence electrons. The van der Waals surface area contributed by atoms with Gasteiger partial charge in [0.25, 0.3) is 5.91 Å². The number of nitrogens with two attached hydrogens (primary N) is 1. The van der Waals surface area contributed by atoms with E-state index >= 15 is 0 Å². The van der Waals surface area contributed by atoms with Gasteiger partial charge in [-0.05, 0) is 74.2 Å². The maximum atomic E-state index is 12.9. The van der Waals surface area contributed by atoms with Crippen molar-refractivity contribution < 1.29 is 9.59 Å². The predicted octanol–water partition coefficient (Wildman–Crippen LogP) is 2.39. The van der Waals surface area contributed by atoms with Crippen molar-refractivity contribution >= 4 is 22.7 Å². The summed E-state index contributed by atoms with van der Waals surface area (Å²) in [6.07, 6.45) is 6.92. The van der Waals surface area contributed by atoms with Crippen LogP contribution in [-0.4, -0.2) is 53.1 Å². The zero-order valence-electron chi connectivity index (χ0n) is 17.1. The standard InChI is InChI=1S/C22H31N5O2/c1-14(17-11-18-13-25-26-21(18)19(12-17)22(23)29)10-20(28)27-8-4-16(5-9-27)15-2-6-24-7-3-15/h11-16,24H,2-10H2,1H3,(H2,23,29)(H,25,26). The van der Waals surface area contributed by atoms with E-state index in [9.17, 15) is 9.59 Å². The van der Waals surface area contributed by atoms with Crippen molar-refractivity contribution in [1.29, 1.82) is 0 Å². The molecule has 1 unspecified atom stereocenters. The van der Waals surface area contributed by atoms with Crippen molar-refractivity contribution in [1.82, 2.24) is 20.4 Å². The number of hydrogen-bond donors (Lipinski definition) is 3. The first kappa shape index (κ1) is 19.9. The van der Waals surface area contributed by atoms with E-state index in [1.54, 1.807) is 12.3 Å². The fraction of sp³-hybridized carbons (Fsp3) is 0.591. The number of aromatic nitrogens is 2. The van der Waals surface area contributed by atoms with E-state index in [1.165, 1.54) is 12.8 Å². The van der Waals surface area contributed by atoms with E-state index < -0.39 is 5.91 Å². The fourth-order valence-corrected chi connectivity index (χ4v) is 5.00. The molecule has 1 atom stereocenters. The van der Waals surface area contributed by atoms with Crippen LogP contribution in [0.5, 0.6) is 0 Å². The molecule has 2 saturated heterocycles. The second kappa shape index (κ2) is 8.53. The number of primary amides is 1. The lowest BCUT2D eigenvalue weighted by Crippen LogP contribution is -2.42. The van der Waals surface area contributed by atoms with E-state index in [1.807, 2.05) is 17.9 Å². The van der Waals surface area contributed by atoms with Crippen molar-refractivity contribution in [2.75, 3.05) is 26.2 Å². The van der Waals surface area contributed by atoms with Crippen LogP contribution in [0.1, 0.15) is 60.9 Å². The molecule has 7 heteroatoms. The molecule has 0 aliphatic carbocycles. The number of carbonyl (C=O) groups is 2. The second-order valence-electron chi connectivity index (χ2n) is 8.68. The number of H-pyrrole nitrogens is 1. The third-order valence-electron chi connectivity index (χ3n) is 6.83. The van der Waals surface area contributed by atoms with Crippen molar-refractivity contribution in [3.63, 3.8) is 0 Å². The van der Waals surface area contributed by atoms with Gasteiger partial charge in [0, 0.05) is 24.9 Å². The minimum atomic E-state index is -0.486. The highest BCUT2D eigenvalue weighted by Gasteiger charge is 2.29.